The van der Waals surface area contributed by atoms with Gasteiger partial charge in [-0.2, -0.15) is 0 Å². The fraction of sp³-hybridized carbons (Fsp3) is 0.417. The van der Waals surface area contributed by atoms with Crippen LogP contribution in [0.25, 0.3) is 10.9 Å². The minimum atomic E-state index is -0.423. The Balaban J connectivity index is 0.00000225. The maximum Gasteiger partial charge on any atom is 0.0891 e. The Bertz CT molecular complexity index is 976. The summed E-state index contributed by atoms with van der Waals surface area (Å²) in [4.78, 5) is 0. The van der Waals surface area contributed by atoms with Crippen molar-refractivity contribution in [1.82, 2.24) is 4.57 Å². The molecule has 3 aromatic rings. The van der Waals surface area contributed by atoms with Crippen molar-refractivity contribution < 1.29 is 5.11 Å². The highest BCUT2D eigenvalue weighted by Gasteiger charge is 2.21. The first kappa shape index (κ1) is 20.8. The van der Waals surface area contributed by atoms with E-state index in [1.165, 1.54) is 58.1 Å². The lowest BCUT2D eigenvalue weighted by Crippen LogP contribution is -2.26. The van der Waals surface area contributed by atoms with Crippen LogP contribution in [-0.2, 0) is 19.4 Å². The van der Waals surface area contributed by atoms with Crippen LogP contribution in [0.4, 0.5) is 5.69 Å². The fourth-order valence-electron chi connectivity index (χ4n) is 4.40. The van der Waals surface area contributed by atoms with Crippen molar-refractivity contribution in [1.29, 1.82) is 0 Å². The minimum Gasteiger partial charge on any atom is -0.389 e. The summed E-state index contributed by atoms with van der Waals surface area (Å²) in [7, 11) is 0. The summed E-state index contributed by atoms with van der Waals surface area (Å²) in [6.45, 7) is 7.62. The zero-order valence-electron chi connectivity index (χ0n) is 17.1. The molecule has 0 saturated heterocycles. The second-order valence-corrected chi connectivity index (χ2v) is 8.05. The number of benzene rings is 2. The summed E-state index contributed by atoms with van der Waals surface area (Å²) in [5, 5.41) is 15.6. The number of aliphatic hydroxyl groups is 1. The van der Waals surface area contributed by atoms with Gasteiger partial charge in [0, 0.05) is 28.8 Å². The highest BCUT2D eigenvalue weighted by molar-refractivity contribution is 5.86. The predicted octanol–water partition coefficient (Wildman–Crippen LogP) is 5.34. The second kappa shape index (κ2) is 8.59. The Hall–Kier alpha value is -1.97. The normalized spacial score (nSPS) is 14.4. The molecule has 150 valence electrons. The minimum absolute atomic E-state index is 0. The first-order valence-electron chi connectivity index (χ1n) is 10.1. The summed E-state index contributed by atoms with van der Waals surface area (Å²) in [5.74, 6) is 0. The highest BCUT2D eigenvalue weighted by atomic mass is 35.5. The molecule has 0 spiro atoms. The number of aromatic nitrogens is 1. The Morgan fingerprint density at radius 1 is 1.07 bits per heavy atom. The molecule has 0 amide bonds. The molecule has 1 unspecified atom stereocenters. The number of aryl methyl sites for hydroxylation is 3. The fourth-order valence-corrected chi connectivity index (χ4v) is 4.40. The van der Waals surface area contributed by atoms with E-state index in [0.717, 1.165) is 12.1 Å². The molecule has 4 rings (SSSR count). The van der Waals surface area contributed by atoms with Crippen LogP contribution in [0.1, 0.15) is 40.8 Å². The Morgan fingerprint density at radius 2 is 1.86 bits per heavy atom. The summed E-state index contributed by atoms with van der Waals surface area (Å²) in [6, 6.07) is 13.0. The Labute approximate surface area is 174 Å². The molecule has 2 aromatic carbocycles. The van der Waals surface area contributed by atoms with Crippen LogP contribution >= 0.6 is 12.4 Å². The lowest BCUT2D eigenvalue weighted by atomic mass is 9.95. The quantitative estimate of drug-likeness (QED) is 0.608. The van der Waals surface area contributed by atoms with Crippen LogP contribution in [0.5, 0.6) is 0 Å². The van der Waals surface area contributed by atoms with Crippen LogP contribution in [0.3, 0.4) is 0 Å². The van der Waals surface area contributed by atoms with Crippen LogP contribution < -0.4 is 5.32 Å². The topological polar surface area (TPSA) is 37.2 Å². The van der Waals surface area contributed by atoms with Crippen molar-refractivity contribution >= 4 is 29.0 Å². The second-order valence-electron chi connectivity index (χ2n) is 8.05. The number of nitrogens with zero attached hydrogens (tertiary/aromatic N) is 1. The van der Waals surface area contributed by atoms with Gasteiger partial charge in [-0.25, -0.2) is 0 Å². The van der Waals surface area contributed by atoms with Gasteiger partial charge in [0.2, 0.25) is 0 Å². The third kappa shape index (κ3) is 3.92. The van der Waals surface area contributed by atoms with Gasteiger partial charge in [0.1, 0.15) is 0 Å². The molecule has 0 radical (unpaired) electrons. The summed E-state index contributed by atoms with van der Waals surface area (Å²) in [5.41, 5.74) is 9.18. The van der Waals surface area contributed by atoms with E-state index in [0.29, 0.717) is 13.1 Å². The van der Waals surface area contributed by atoms with E-state index >= 15 is 0 Å². The van der Waals surface area contributed by atoms with Crippen molar-refractivity contribution in [3.63, 3.8) is 0 Å². The van der Waals surface area contributed by atoms with Crippen LogP contribution in [0.15, 0.2) is 36.4 Å². The largest absolute Gasteiger partial charge is 0.389 e. The van der Waals surface area contributed by atoms with E-state index in [-0.39, 0.29) is 12.4 Å². The van der Waals surface area contributed by atoms with E-state index in [1.54, 1.807) is 0 Å². The Morgan fingerprint density at radius 3 is 2.68 bits per heavy atom. The van der Waals surface area contributed by atoms with E-state index in [2.05, 4.69) is 67.1 Å². The molecule has 1 heterocycles. The van der Waals surface area contributed by atoms with Gasteiger partial charge in [-0.1, -0.05) is 23.8 Å². The highest BCUT2D eigenvalue weighted by Crippen LogP contribution is 2.33. The zero-order chi connectivity index (χ0) is 19.0. The van der Waals surface area contributed by atoms with E-state index in [4.69, 9.17) is 0 Å². The lowest BCUT2D eigenvalue weighted by molar-refractivity contribution is 0.167. The number of aliphatic hydroxyl groups excluding tert-OH is 1. The van der Waals surface area contributed by atoms with Gasteiger partial charge in [0.05, 0.1) is 12.6 Å². The molecular weight excluding hydrogens is 368 g/mol. The van der Waals surface area contributed by atoms with Crippen molar-refractivity contribution in [3.05, 3.63) is 64.3 Å². The van der Waals surface area contributed by atoms with Crippen molar-refractivity contribution in [2.24, 2.45) is 0 Å². The van der Waals surface area contributed by atoms with Gasteiger partial charge in [-0.15, -0.1) is 12.4 Å². The standard InChI is InChI=1S/C24H30N2O.ClH/c1-16-11-12-24-21(13-16)20-8-4-5-10-23(20)26(24)15-19(27)14-25-22-9-6-7-17(2)18(22)3;/h6-7,9,11-13,19,25,27H,4-5,8,10,14-15H2,1-3H3;1H. The first-order chi connectivity index (χ1) is 13.0. The molecule has 28 heavy (non-hydrogen) atoms. The third-order valence-electron chi connectivity index (χ3n) is 6.06. The number of nitrogens with one attached hydrogen (secondary N) is 1. The van der Waals surface area contributed by atoms with Crippen LogP contribution in [0, 0.1) is 20.8 Å². The van der Waals surface area contributed by atoms with Crippen molar-refractivity contribution in [2.45, 2.75) is 59.1 Å². The van der Waals surface area contributed by atoms with E-state index in [9.17, 15) is 5.11 Å². The molecule has 1 aromatic heterocycles. The van der Waals surface area contributed by atoms with Gasteiger partial charge in [-0.3, -0.25) is 0 Å². The lowest BCUT2D eigenvalue weighted by Gasteiger charge is -2.20. The maximum atomic E-state index is 10.8. The van der Waals surface area contributed by atoms with E-state index < -0.39 is 6.10 Å². The summed E-state index contributed by atoms with van der Waals surface area (Å²) in [6.07, 6.45) is 4.39. The molecule has 0 fully saturated rings. The molecule has 0 bridgehead atoms. The monoisotopic (exact) mass is 398 g/mol. The molecule has 0 aliphatic heterocycles. The molecule has 3 nitrogen and oxygen atoms in total. The number of rotatable bonds is 5. The number of hydrogen-bond donors (Lipinski definition) is 2. The van der Waals surface area contributed by atoms with Gasteiger partial charge in [-0.05, 0) is 81.3 Å². The van der Waals surface area contributed by atoms with Crippen molar-refractivity contribution in [3.8, 4) is 0 Å². The number of hydrogen-bond acceptors (Lipinski definition) is 2. The average molecular weight is 399 g/mol. The van der Waals surface area contributed by atoms with E-state index in [1.807, 2.05) is 0 Å². The van der Waals surface area contributed by atoms with Crippen LogP contribution in [-0.4, -0.2) is 22.3 Å². The molecule has 1 atom stereocenters. The molecule has 2 N–H and O–H groups in total. The number of halogens is 1. The van der Waals surface area contributed by atoms with Gasteiger partial charge >= 0.3 is 0 Å². The molecule has 0 saturated carbocycles. The molecular formula is C24H31ClN2O. The Kier molecular flexibility index (Phi) is 6.36. The summed E-state index contributed by atoms with van der Waals surface area (Å²) < 4.78 is 2.37. The van der Waals surface area contributed by atoms with Gasteiger partial charge in [0.15, 0.2) is 0 Å². The zero-order valence-corrected chi connectivity index (χ0v) is 17.9. The maximum absolute atomic E-state index is 10.8. The average Bonchev–Trinajstić information content (AvgIpc) is 2.96. The predicted molar refractivity (Wildman–Crippen MR) is 121 cm³/mol. The van der Waals surface area contributed by atoms with Gasteiger partial charge in [0.25, 0.3) is 0 Å². The van der Waals surface area contributed by atoms with Crippen LogP contribution in [0.2, 0.25) is 0 Å². The first-order valence-corrected chi connectivity index (χ1v) is 10.1. The summed E-state index contributed by atoms with van der Waals surface area (Å²) >= 11 is 0. The number of anilines is 1. The van der Waals surface area contributed by atoms with Gasteiger partial charge < -0.3 is 15.0 Å². The SMILES string of the molecule is Cc1ccc2c(c1)c1c(n2CC(O)CNc2cccc(C)c2C)CCCC1.Cl. The molecule has 4 heteroatoms. The van der Waals surface area contributed by atoms with Crippen molar-refractivity contribution in [2.75, 3.05) is 11.9 Å². The number of fused-ring (bicyclic) bond motifs is 3. The smallest absolute Gasteiger partial charge is 0.0891 e. The molecule has 1 aliphatic rings. The third-order valence-corrected chi connectivity index (χ3v) is 6.06. The molecule has 1 aliphatic carbocycles.